The number of ether oxygens (including phenoxy) is 3. The molecule has 0 aliphatic heterocycles. The Hall–Kier alpha value is -2.72. The third-order valence-electron chi connectivity index (χ3n) is 5.56. The van der Waals surface area contributed by atoms with Gasteiger partial charge in [0.25, 0.3) is 0 Å². The maximum absolute atomic E-state index is 12.3. The molecule has 194 valence electrons. The van der Waals surface area contributed by atoms with Crippen LogP contribution in [0.4, 0.5) is 0 Å². The van der Waals surface area contributed by atoms with Gasteiger partial charge in [-0.3, -0.25) is 4.57 Å². The minimum absolute atomic E-state index is 0.288. The summed E-state index contributed by atoms with van der Waals surface area (Å²) in [6, 6.07) is 20.9. The van der Waals surface area contributed by atoms with Crippen LogP contribution < -0.4 is 4.74 Å². The lowest BCUT2D eigenvalue weighted by Crippen LogP contribution is -2.22. The fourth-order valence-electron chi connectivity index (χ4n) is 3.64. The van der Waals surface area contributed by atoms with E-state index in [1.165, 1.54) is 11.3 Å². The molecule has 0 bridgehead atoms. The Morgan fingerprint density at radius 3 is 2.57 bits per heavy atom. The highest BCUT2D eigenvalue weighted by atomic mass is 79.9. The number of benzene rings is 2. The molecule has 2 heterocycles. The van der Waals surface area contributed by atoms with Gasteiger partial charge in [0.05, 0.1) is 17.9 Å². The zero-order valence-electron chi connectivity index (χ0n) is 21.5. The molecule has 4 rings (SSSR count). The summed E-state index contributed by atoms with van der Waals surface area (Å²) in [5, 5.41) is 2.39. The van der Waals surface area contributed by atoms with Crippen LogP contribution in [0.5, 0.6) is 11.6 Å². The summed E-state index contributed by atoms with van der Waals surface area (Å²) in [5.74, 6) is 0.879. The zero-order valence-corrected chi connectivity index (χ0v) is 24.9. The highest BCUT2D eigenvalue weighted by molar-refractivity contribution is 9.10. The Bertz CT molecular complexity index is 1350. The molecule has 0 atom stereocenters. The molecule has 0 fully saturated rings. The predicted molar refractivity (Wildman–Crippen MR) is 155 cm³/mol. The number of aromatic nitrogens is 2. The number of hydrogen-bond donors (Lipinski definition) is 0. The van der Waals surface area contributed by atoms with Gasteiger partial charge >= 0.3 is 5.97 Å². The number of thiazole rings is 1. The van der Waals surface area contributed by atoms with Gasteiger partial charge in [-0.2, -0.15) is 0 Å². The molecule has 2 aromatic carbocycles. The summed E-state index contributed by atoms with van der Waals surface area (Å²) in [7, 11) is -1.24. The lowest BCUT2D eigenvalue weighted by Gasteiger charge is -2.18. The molecule has 0 spiro atoms. The minimum atomic E-state index is -1.24. The summed E-state index contributed by atoms with van der Waals surface area (Å²) < 4.78 is 20.8. The number of carbonyl (C=O) groups is 1. The number of rotatable bonds is 11. The summed E-state index contributed by atoms with van der Waals surface area (Å²) >= 11 is 4.98. The van der Waals surface area contributed by atoms with Crippen molar-refractivity contribution in [3.05, 3.63) is 76.2 Å². The van der Waals surface area contributed by atoms with Crippen molar-refractivity contribution in [2.24, 2.45) is 0 Å². The van der Waals surface area contributed by atoms with Crippen LogP contribution in [0.2, 0.25) is 25.7 Å². The number of hydrogen-bond acceptors (Lipinski definition) is 6. The largest absolute Gasteiger partial charge is 0.461 e. The molecule has 9 heteroatoms. The molecule has 2 aromatic heterocycles. The molecule has 0 N–H and O–H groups in total. The molecule has 0 saturated carbocycles. The van der Waals surface area contributed by atoms with E-state index in [9.17, 15) is 4.79 Å². The second-order valence-electron chi connectivity index (χ2n) is 9.71. The zero-order chi connectivity index (χ0) is 26.4. The monoisotopic (exact) mass is 598 g/mol. The van der Waals surface area contributed by atoms with E-state index >= 15 is 0 Å². The van der Waals surface area contributed by atoms with Gasteiger partial charge in [0.1, 0.15) is 17.5 Å². The molecule has 37 heavy (non-hydrogen) atoms. The van der Waals surface area contributed by atoms with Crippen LogP contribution in [0.25, 0.3) is 21.8 Å². The summed E-state index contributed by atoms with van der Waals surface area (Å²) in [4.78, 5) is 16.9. The SMILES string of the molecule is CCOC(=O)c1csc(-c2cc(-c3cccc(Br)c3)n(COCC[Si](C)(C)C)c2Oc2ccccc2)n1. The standard InChI is InChI=1S/C28H31BrN2O4SSi/c1-5-34-28(32)24-18-36-26(30-24)23-17-25(20-10-9-11-21(29)16-20)31(19-33-14-15-37(2,3)4)27(23)35-22-12-7-6-8-13-22/h6-13,16-18H,5,14-15,19H2,1-4H3. The van der Waals surface area contributed by atoms with E-state index < -0.39 is 14.0 Å². The van der Waals surface area contributed by atoms with Gasteiger partial charge in [0.2, 0.25) is 5.88 Å². The first-order valence-corrected chi connectivity index (χ1v) is 17.6. The van der Waals surface area contributed by atoms with Crippen LogP contribution >= 0.6 is 27.3 Å². The minimum Gasteiger partial charge on any atom is -0.461 e. The number of esters is 1. The Balaban J connectivity index is 1.81. The van der Waals surface area contributed by atoms with E-state index in [0.29, 0.717) is 36.6 Å². The van der Waals surface area contributed by atoms with Crippen molar-refractivity contribution in [3.8, 4) is 33.5 Å². The van der Waals surface area contributed by atoms with Gasteiger partial charge in [-0.25, -0.2) is 9.78 Å². The van der Waals surface area contributed by atoms with Crippen LogP contribution in [0.15, 0.2) is 70.5 Å². The number of para-hydroxylation sites is 1. The van der Waals surface area contributed by atoms with E-state index in [4.69, 9.17) is 14.2 Å². The summed E-state index contributed by atoms with van der Waals surface area (Å²) in [5.41, 5.74) is 3.02. The highest BCUT2D eigenvalue weighted by Crippen LogP contribution is 2.42. The average Bonchev–Trinajstić information content (AvgIpc) is 3.48. The van der Waals surface area contributed by atoms with E-state index in [2.05, 4.69) is 58.8 Å². The van der Waals surface area contributed by atoms with Crippen molar-refractivity contribution in [3.63, 3.8) is 0 Å². The fourth-order valence-corrected chi connectivity index (χ4v) is 5.59. The van der Waals surface area contributed by atoms with Crippen molar-refractivity contribution in [2.45, 2.75) is 39.3 Å². The lowest BCUT2D eigenvalue weighted by molar-refractivity contribution is 0.0520. The van der Waals surface area contributed by atoms with E-state index in [1.54, 1.807) is 12.3 Å². The van der Waals surface area contributed by atoms with Crippen LogP contribution in [0, 0.1) is 0 Å². The number of nitrogens with zero attached hydrogens (tertiary/aromatic N) is 2. The quantitative estimate of drug-likeness (QED) is 0.0986. The Morgan fingerprint density at radius 2 is 1.86 bits per heavy atom. The van der Waals surface area contributed by atoms with Crippen LogP contribution in [-0.4, -0.2) is 36.8 Å². The normalized spacial score (nSPS) is 11.5. The van der Waals surface area contributed by atoms with Crippen molar-refractivity contribution in [1.29, 1.82) is 0 Å². The van der Waals surface area contributed by atoms with Crippen molar-refractivity contribution >= 4 is 41.3 Å². The molecular weight excluding hydrogens is 568 g/mol. The predicted octanol–water partition coefficient (Wildman–Crippen LogP) is 8.32. The van der Waals surface area contributed by atoms with Gasteiger partial charge in [-0.15, -0.1) is 11.3 Å². The maximum atomic E-state index is 12.3. The maximum Gasteiger partial charge on any atom is 0.357 e. The lowest BCUT2D eigenvalue weighted by atomic mass is 10.1. The number of halogens is 1. The van der Waals surface area contributed by atoms with E-state index in [1.807, 2.05) is 47.0 Å². The molecule has 0 aliphatic carbocycles. The average molecular weight is 600 g/mol. The summed E-state index contributed by atoms with van der Waals surface area (Å²) in [6.07, 6.45) is 0. The Morgan fingerprint density at radius 1 is 1.08 bits per heavy atom. The molecular formula is C28H31BrN2O4SSi. The second kappa shape index (κ2) is 12.2. The molecule has 6 nitrogen and oxygen atoms in total. The molecule has 0 unspecified atom stereocenters. The van der Waals surface area contributed by atoms with E-state index in [-0.39, 0.29) is 5.69 Å². The summed E-state index contributed by atoms with van der Waals surface area (Å²) in [6.45, 7) is 10.1. The first-order chi connectivity index (χ1) is 17.7. The van der Waals surface area contributed by atoms with Gasteiger partial charge in [-0.1, -0.05) is 65.9 Å². The molecule has 4 aromatic rings. The van der Waals surface area contributed by atoms with Crippen molar-refractivity contribution < 1.29 is 19.0 Å². The first-order valence-electron chi connectivity index (χ1n) is 12.2. The van der Waals surface area contributed by atoms with Gasteiger partial charge < -0.3 is 14.2 Å². The number of carbonyl (C=O) groups excluding carboxylic acids is 1. The van der Waals surface area contributed by atoms with Crippen LogP contribution in [0.1, 0.15) is 17.4 Å². The van der Waals surface area contributed by atoms with Crippen LogP contribution in [-0.2, 0) is 16.2 Å². The fraction of sp³-hybridized carbons (Fsp3) is 0.286. The topological polar surface area (TPSA) is 62.6 Å². The van der Waals surface area contributed by atoms with E-state index in [0.717, 1.165) is 27.3 Å². The highest BCUT2D eigenvalue weighted by Gasteiger charge is 2.24. The Labute approximate surface area is 231 Å². The Kier molecular flexibility index (Phi) is 9.02. The second-order valence-corrected chi connectivity index (χ2v) is 17.1. The van der Waals surface area contributed by atoms with Gasteiger partial charge in [0, 0.05) is 24.5 Å². The molecule has 0 amide bonds. The van der Waals surface area contributed by atoms with Crippen molar-refractivity contribution in [2.75, 3.05) is 13.2 Å². The van der Waals surface area contributed by atoms with Crippen LogP contribution in [0.3, 0.4) is 0 Å². The van der Waals surface area contributed by atoms with Gasteiger partial charge in [0.15, 0.2) is 5.69 Å². The molecule has 0 radical (unpaired) electrons. The first kappa shape index (κ1) is 27.3. The molecule has 0 aliphatic rings. The third-order valence-corrected chi connectivity index (χ3v) is 8.63. The smallest absolute Gasteiger partial charge is 0.357 e. The van der Waals surface area contributed by atoms with Gasteiger partial charge in [-0.05, 0) is 48.9 Å². The third kappa shape index (κ3) is 7.19. The van der Waals surface area contributed by atoms with Crippen molar-refractivity contribution in [1.82, 2.24) is 9.55 Å². The molecule has 0 saturated heterocycles.